The van der Waals surface area contributed by atoms with E-state index in [-0.39, 0.29) is 0 Å². The molecule has 0 aliphatic carbocycles. The molecule has 0 spiro atoms. The molecule has 0 heterocycles. The molecule has 1 heteroatoms. The molecule has 0 aliphatic heterocycles. The Morgan fingerprint density at radius 3 is 1.46 bits per heavy atom. The third kappa shape index (κ3) is 3.82. The van der Waals surface area contributed by atoms with Gasteiger partial charge in [-0.15, -0.1) is 0 Å². The Balaban J connectivity index is 1.43. The molecule has 0 saturated heterocycles. The van der Waals surface area contributed by atoms with Crippen molar-refractivity contribution in [3.8, 4) is 22.3 Å². The van der Waals surface area contributed by atoms with E-state index >= 15 is 0 Å². The summed E-state index contributed by atoms with van der Waals surface area (Å²) in [5, 5.41) is 11.5. The largest absolute Gasteiger partial charge is 0.355 e. The van der Waals surface area contributed by atoms with Crippen LogP contribution in [0.3, 0.4) is 0 Å². The van der Waals surface area contributed by atoms with Crippen LogP contribution in [0.5, 0.6) is 0 Å². The van der Waals surface area contributed by atoms with Crippen molar-refractivity contribution in [2.24, 2.45) is 0 Å². The van der Waals surface area contributed by atoms with Gasteiger partial charge in [-0.25, -0.2) is 0 Å². The lowest BCUT2D eigenvalue weighted by molar-refractivity contribution is 1.53. The fourth-order valence-electron chi connectivity index (χ4n) is 5.46. The third-order valence-corrected chi connectivity index (χ3v) is 7.23. The first kappa shape index (κ1) is 21.4. The SMILES string of the molecule is c1ccc(Nc2cc(-c3ccc4c5ccccc5c5ccccc5c4c3)ccc2-c2ccccc2)cc1. The van der Waals surface area contributed by atoms with Crippen molar-refractivity contribution in [2.75, 3.05) is 5.32 Å². The van der Waals surface area contributed by atoms with E-state index in [9.17, 15) is 0 Å². The first-order chi connectivity index (χ1) is 18.3. The summed E-state index contributed by atoms with van der Waals surface area (Å²) in [6, 6.07) is 52.1. The Morgan fingerprint density at radius 1 is 0.324 bits per heavy atom. The highest BCUT2D eigenvalue weighted by molar-refractivity contribution is 6.25. The number of hydrogen-bond donors (Lipinski definition) is 1. The summed E-state index contributed by atoms with van der Waals surface area (Å²) in [6.45, 7) is 0. The van der Waals surface area contributed by atoms with E-state index in [0.717, 1.165) is 11.4 Å². The van der Waals surface area contributed by atoms with E-state index in [1.165, 1.54) is 54.6 Å². The van der Waals surface area contributed by atoms with Gasteiger partial charge >= 0.3 is 0 Å². The van der Waals surface area contributed by atoms with E-state index < -0.39 is 0 Å². The van der Waals surface area contributed by atoms with Crippen LogP contribution in [0, 0.1) is 0 Å². The fraction of sp³-hybridized carbons (Fsp3) is 0. The molecule has 0 aromatic heterocycles. The summed E-state index contributed by atoms with van der Waals surface area (Å²) < 4.78 is 0. The zero-order valence-electron chi connectivity index (χ0n) is 20.4. The average Bonchev–Trinajstić information content (AvgIpc) is 2.98. The van der Waals surface area contributed by atoms with Crippen LogP contribution in [0.1, 0.15) is 0 Å². The number of anilines is 2. The van der Waals surface area contributed by atoms with Crippen LogP contribution in [-0.4, -0.2) is 0 Å². The molecule has 7 aromatic carbocycles. The van der Waals surface area contributed by atoms with E-state index in [4.69, 9.17) is 0 Å². The molecule has 0 aliphatic rings. The van der Waals surface area contributed by atoms with Crippen molar-refractivity contribution in [2.45, 2.75) is 0 Å². The molecule has 0 atom stereocenters. The van der Waals surface area contributed by atoms with Crippen LogP contribution in [0.25, 0.3) is 54.6 Å². The lowest BCUT2D eigenvalue weighted by Gasteiger charge is -2.16. The highest BCUT2D eigenvalue weighted by Crippen LogP contribution is 2.39. The molecule has 0 bridgehead atoms. The Bertz CT molecular complexity index is 1850. The van der Waals surface area contributed by atoms with Crippen molar-refractivity contribution < 1.29 is 0 Å². The van der Waals surface area contributed by atoms with E-state index in [2.05, 4.69) is 145 Å². The second-order valence-corrected chi connectivity index (χ2v) is 9.47. The second kappa shape index (κ2) is 8.96. The van der Waals surface area contributed by atoms with Crippen LogP contribution in [0.15, 0.2) is 146 Å². The fourth-order valence-corrected chi connectivity index (χ4v) is 5.46. The Morgan fingerprint density at radius 2 is 0.811 bits per heavy atom. The number of benzene rings is 7. The zero-order valence-corrected chi connectivity index (χ0v) is 20.4. The van der Waals surface area contributed by atoms with Gasteiger partial charge < -0.3 is 5.32 Å². The molecule has 37 heavy (non-hydrogen) atoms. The molecule has 0 amide bonds. The smallest absolute Gasteiger partial charge is 0.0470 e. The molecule has 174 valence electrons. The van der Waals surface area contributed by atoms with Crippen molar-refractivity contribution in [1.29, 1.82) is 0 Å². The molecule has 0 saturated carbocycles. The maximum absolute atomic E-state index is 3.67. The van der Waals surface area contributed by atoms with Crippen LogP contribution in [0.4, 0.5) is 11.4 Å². The monoisotopic (exact) mass is 471 g/mol. The van der Waals surface area contributed by atoms with Crippen molar-refractivity contribution >= 4 is 43.7 Å². The zero-order chi connectivity index (χ0) is 24.6. The lowest BCUT2D eigenvalue weighted by atomic mass is 9.91. The summed E-state index contributed by atoms with van der Waals surface area (Å²) in [5.74, 6) is 0. The van der Waals surface area contributed by atoms with Crippen LogP contribution in [0.2, 0.25) is 0 Å². The van der Waals surface area contributed by atoms with E-state index in [1.807, 2.05) is 6.07 Å². The minimum Gasteiger partial charge on any atom is -0.355 e. The van der Waals surface area contributed by atoms with Gasteiger partial charge in [-0.1, -0.05) is 121 Å². The number of rotatable bonds is 4. The number of fused-ring (bicyclic) bond motifs is 6. The maximum Gasteiger partial charge on any atom is 0.0470 e. The van der Waals surface area contributed by atoms with Gasteiger partial charge in [0.1, 0.15) is 0 Å². The van der Waals surface area contributed by atoms with Gasteiger partial charge in [0.2, 0.25) is 0 Å². The molecule has 7 aromatic rings. The predicted molar refractivity (Wildman–Crippen MR) is 160 cm³/mol. The normalized spacial score (nSPS) is 11.2. The molecular weight excluding hydrogens is 446 g/mol. The molecule has 1 nitrogen and oxygen atoms in total. The Labute approximate surface area is 216 Å². The Kier molecular flexibility index (Phi) is 5.19. The summed E-state index contributed by atoms with van der Waals surface area (Å²) in [5.41, 5.74) is 6.96. The second-order valence-electron chi connectivity index (χ2n) is 9.47. The topological polar surface area (TPSA) is 12.0 Å². The highest BCUT2D eigenvalue weighted by Gasteiger charge is 2.12. The molecular formula is C36H25N. The molecule has 1 N–H and O–H groups in total. The van der Waals surface area contributed by atoms with Crippen LogP contribution >= 0.6 is 0 Å². The molecule has 0 fully saturated rings. The number of hydrogen-bond acceptors (Lipinski definition) is 1. The van der Waals surface area contributed by atoms with Gasteiger partial charge in [0, 0.05) is 16.9 Å². The summed E-state index contributed by atoms with van der Waals surface area (Å²) in [6.07, 6.45) is 0. The van der Waals surface area contributed by atoms with Crippen LogP contribution in [-0.2, 0) is 0 Å². The first-order valence-electron chi connectivity index (χ1n) is 12.7. The van der Waals surface area contributed by atoms with Gasteiger partial charge in [-0.05, 0) is 73.3 Å². The van der Waals surface area contributed by atoms with Crippen molar-refractivity contribution in [3.63, 3.8) is 0 Å². The minimum atomic E-state index is 1.08. The van der Waals surface area contributed by atoms with Gasteiger partial charge in [0.25, 0.3) is 0 Å². The predicted octanol–water partition coefficient (Wildman–Crippen LogP) is 10.2. The third-order valence-electron chi connectivity index (χ3n) is 7.23. The van der Waals surface area contributed by atoms with Crippen molar-refractivity contribution in [3.05, 3.63) is 146 Å². The van der Waals surface area contributed by atoms with Gasteiger partial charge in [-0.2, -0.15) is 0 Å². The van der Waals surface area contributed by atoms with Gasteiger partial charge in [0.15, 0.2) is 0 Å². The first-order valence-corrected chi connectivity index (χ1v) is 12.7. The lowest BCUT2D eigenvalue weighted by Crippen LogP contribution is -1.94. The summed E-state index contributed by atoms with van der Waals surface area (Å²) in [4.78, 5) is 0. The summed E-state index contributed by atoms with van der Waals surface area (Å²) in [7, 11) is 0. The number of para-hydroxylation sites is 1. The van der Waals surface area contributed by atoms with E-state index in [0.29, 0.717) is 0 Å². The van der Waals surface area contributed by atoms with Gasteiger partial charge in [-0.3, -0.25) is 0 Å². The average molecular weight is 472 g/mol. The van der Waals surface area contributed by atoms with Crippen LogP contribution < -0.4 is 5.32 Å². The molecule has 0 unspecified atom stereocenters. The van der Waals surface area contributed by atoms with Crippen molar-refractivity contribution in [1.82, 2.24) is 0 Å². The maximum atomic E-state index is 3.67. The number of nitrogens with one attached hydrogen (secondary N) is 1. The Hall–Kier alpha value is -4.88. The highest BCUT2D eigenvalue weighted by atomic mass is 14.9. The molecule has 7 rings (SSSR count). The van der Waals surface area contributed by atoms with Gasteiger partial charge in [0.05, 0.1) is 0 Å². The standard InChI is InChI=1S/C36H25N/c1-3-11-25(12-4-1)29-21-19-27(24-36(29)37-28-13-5-2-6-14-28)26-20-22-34-32-17-8-7-15-30(32)31-16-9-10-18-33(31)35(34)23-26/h1-24,37H. The minimum absolute atomic E-state index is 1.08. The molecule has 0 radical (unpaired) electrons. The summed E-state index contributed by atoms with van der Waals surface area (Å²) >= 11 is 0. The van der Waals surface area contributed by atoms with E-state index in [1.54, 1.807) is 0 Å². The quantitative estimate of drug-likeness (QED) is 0.252.